The quantitative estimate of drug-likeness (QED) is 0.199. The van der Waals surface area contributed by atoms with Gasteiger partial charge in [-0.1, -0.05) is 27.7 Å². The van der Waals surface area contributed by atoms with Crippen molar-refractivity contribution in [1.82, 2.24) is 26.2 Å². The molecule has 216 valence electrons. The van der Waals surface area contributed by atoms with Crippen LogP contribution in [0.3, 0.4) is 0 Å². The molecule has 1 aliphatic carbocycles. The van der Waals surface area contributed by atoms with Gasteiger partial charge in [-0.2, -0.15) is 0 Å². The van der Waals surface area contributed by atoms with Gasteiger partial charge in [-0.25, -0.2) is 0 Å². The van der Waals surface area contributed by atoms with E-state index in [2.05, 4.69) is 21.3 Å². The zero-order valence-electron chi connectivity index (χ0n) is 22.3. The highest BCUT2D eigenvalue weighted by Gasteiger charge is 2.52. The number of rotatable bonds is 5. The number of hydrogen-bond acceptors (Lipinski definition) is 9. The maximum Gasteiger partial charge on any atom is 0.326 e. The van der Waals surface area contributed by atoms with Gasteiger partial charge in [-0.05, 0) is 45.6 Å². The maximum absolute atomic E-state index is 13.4. The number of ether oxygens (including phenoxy) is 1. The number of allylic oxidation sites excluding steroid dienone is 1. The Morgan fingerprint density at radius 1 is 1.08 bits per heavy atom. The molecule has 12 nitrogen and oxygen atoms in total. The summed E-state index contributed by atoms with van der Waals surface area (Å²) in [5.41, 5.74) is -1.15. The normalized spacial score (nSPS) is 27.2. The van der Waals surface area contributed by atoms with Gasteiger partial charge in [0.05, 0.1) is 6.42 Å². The average molecular weight is 584 g/mol. The number of esters is 1. The summed E-state index contributed by atoms with van der Waals surface area (Å²) in [6, 6.07) is -2.08. The molecule has 0 radical (unpaired) electrons. The highest BCUT2D eigenvalue weighted by molar-refractivity contribution is 8.76. The number of fused-ring (bicyclic) bond motifs is 7. The molecule has 14 heteroatoms. The lowest BCUT2D eigenvalue weighted by Crippen LogP contribution is -2.59. The molecular formula is C25H37N5O7S2. The predicted octanol–water partition coefficient (Wildman–Crippen LogP) is 0.0264. The number of amides is 5. The summed E-state index contributed by atoms with van der Waals surface area (Å²) in [7, 11) is 2.92. The summed E-state index contributed by atoms with van der Waals surface area (Å²) in [5.74, 6) is -2.17. The fraction of sp³-hybridized carbons (Fsp3) is 0.680. The predicted molar refractivity (Wildman–Crippen MR) is 147 cm³/mol. The van der Waals surface area contributed by atoms with Crippen molar-refractivity contribution in [2.75, 3.05) is 31.1 Å². The molecule has 3 aliphatic rings. The number of hydrogen-bond donors (Lipinski definition) is 4. The van der Waals surface area contributed by atoms with E-state index in [0.29, 0.717) is 38.1 Å². The minimum atomic E-state index is -1.15. The second-order valence-electron chi connectivity index (χ2n) is 9.60. The molecule has 2 bridgehead atoms. The van der Waals surface area contributed by atoms with Gasteiger partial charge >= 0.3 is 5.97 Å². The van der Waals surface area contributed by atoms with Crippen LogP contribution < -0.4 is 21.3 Å². The first kappa shape index (κ1) is 30.8. The smallest absolute Gasteiger partial charge is 0.326 e. The van der Waals surface area contributed by atoms with Crippen LogP contribution in [-0.4, -0.2) is 95.3 Å². The Hall–Kier alpha value is -2.74. The van der Waals surface area contributed by atoms with Crippen LogP contribution in [0.2, 0.25) is 0 Å². The first-order chi connectivity index (χ1) is 18.7. The van der Waals surface area contributed by atoms with Crippen molar-refractivity contribution < 1.29 is 33.5 Å². The maximum atomic E-state index is 13.4. The largest absolute Gasteiger partial charge is 0.456 e. The summed E-state index contributed by atoms with van der Waals surface area (Å²) < 4.78 is 5.45. The summed E-state index contributed by atoms with van der Waals surface area (Å²) in [4.78, 5) is 79.2. The molecular weight excluding hydrogens is 546 g/mol. The molecule has 0 unspecified atom stereocenters. The van der Waals surface area contributed by atoms with E-state index in [1.807, 2.05) is 19.9 Å². The second-order valence-corrected chi connectivity index (χ2v) is 12.2. The van der Waals surface area contributed by atoms with E-state index in [1.54, 1.807) is 11.0 Å². The molecule has 1 spiro atoms. The number of carbonyl (C=O) groups excluding carboxylic acids is 6. The minimum absolute atomic E-state index is 0.0170. The fourth-order valence-electron chi connectivity index (χ4n) is 4.24. The first-order valence-corrected chi connectivity index (χ1v) is 15.7. The lowest BCUT2D eigenvalue weighted by molar-refractivity contribution is -0.148. The van der Waals surface area contributed by atoms with Crippen molar-refractivity contribution in [3.8, 4) is 0 Å². The third kappa shape index (κ3) is 9.16. The minimum Gasteiger partial charge on any atom is -0.456 e. The SMILES string of the molecule is CCN(CC)C(=O)CC[C@H]1NC(=O)C[C@H]2/C=C/CCSSC[C@@H](NC1=O)C(=O)NC1(CC1)C(=O)NCC(=O)O2. The van der Waals surface area contributed by atoms with Crippen LogP contribution in [0.25, 0.3) is 0 Å². The molecule has 1 saturated carbocycles. The molecule has 39 heavy (non-hydrogen) atoms. The van der Waals surface area contributed by atoms with Crippen LogP contribution in [0, 0.1) is 0 Å². The molecule has 3 rings (SSSR count). The van der Waals surface area contributed by atoms with E-state index in [1.165, 1.54) is 21.6 Å². The highest BCUT2D eigenvalue weighted by atomic mass is 33.1. The number of nitrogens with one attached hydrogen (secondary N) is 4. The zero-order chi connectivity index (χ0) is 28.4. The van der Waals surface area contributed by atoms with Crippen LogP contribution in [0.5, 0.6) is 0 Å². The summed E-state index contributed by atoms with van der Waals surface area (Å²) in [6.07, 6.45) is 3.75. The van der Waals surface area contributed by atoms with Crippen molar-refractivity contribution in [1.29, 1.82) is 0 Å². The van der Waals surface area contributed by atoms with Gasteiger partial charge in [-0.3, -0.25) is 28.8 Å². The van der Waals surface area contributed by atoms with Crippen LogP contribution in [-0.2, 0) is 33.5 Å². The Balaban J connectivity index is 1.90. The Morgan fingerprint density at radius 3 is 2.51 bits per heavy atom. The topological polar surface area (TPSA) is 163 Å². The van der Waals surface area contributed by atoms with Gasteiger partial charge in [0.1, 0.15) is 30.3 Å². The number of nitrogens with zero attached hydrogens (tertiary/aromatic N) is 1. The van der Waals surface area contributed by atoms with Crippen LogP contribution in [0.4, 0.5) is 0 Å². The third-order valence-electron chi connectivity index (χ3n) is 6.69. The van der Waals surface area contributed by atoms with Gasteiger partial charge in [0, 0.05) is 31.0 Å². The lowest BCUT2D eigenvalue weighted by atomic mass is 10.1. The third-order valence-corrected chi connectivity index (χ3v) is 9.14. The van der Waals surface area contributed by atoms with Crippen molar-refractivity contribution in [2.45, 2.75) is 76.1 Å². The Bertz CT molecular complexity index is 984. The second kappa shape index (κ2) is 14.6. The molecule has 3 atom stereocenters. The van der Waals surface area contributed by atoms with E-state index in [0.717, 1.165) is 0 Å². The van der Waals surface area contributed by atoms with Gasteiger partial charge in [0.25, 0.3) is 0 Å². The molecule has 2 heterocycles. The van der Waals surface area contributed by atoms with Crippen molar-refractivity contribution in [2.24, 2.45) is 0 Å². The van der Waals surface area contributed by atoms with E-state index in [4.69, 9.17) is 4.74 Å². The van der Waals surface area contributed by atoms with Crippen molar-refractivity contribution in [3.63, 3.8) is 0 Å². The van der Waals surface area contributed by atoms with Gasteiger partial charge in [0.2, 0.25) is 29.5 Å². The standard InChI is InChI=1S/C25H37N5O7S2/c1-3-30(4-2)20(32)9-8-17-22(34)28-18-15-39-38-12-6-5-7-16(13-19(31)27-17)37-21(33)14-26-24(36)25(10-11-25)29-23(18)35/h5,7,16-18H,3-4,6,8-15H2,1-2H3,(H,26,36)(H,27,31)(H,28,34)(H,29,35)/b7-5+/t16-,17-,18-/m1/s1. The molecule has 4 N–H and O–H groups in total. The van der Waals surface area contributed by atoms with Gasteiger partial charge < -0.3 is 30.9 Å². The summed E-state index contributed by atoms with van der Waals surface area (Å²) >= 11 is 0. The molecule has 0 aromatic carbocycles. The first-order valence-electron chi connectivity index (χ1n) is 13.3. The lowest BCUT2D eigenvalue weighted by Gasteiger charge is -2.26. The fourth-order valence-corrected chi connectivity index (χ4v) is 6.40. The Kier molecular flexibility index (Phi) is 11.5. The van der Waals surface area contributed by atoms with E-state index < -0.39 is 59.9 Å². The van der Waals surface area contributed by atoms with Crippen LogP contribution in [0.15, 0.2) is 12.2 Å². The molecule has 5 amide bonds. The number of carbonyl (C=O) groups is 6. The van der Waals surface area contributed by atoms with Crippen LogP contribution >= 0.6 is 21.6 Å². The van der Waals surface area contributed by atoms with Gasteiger partial charge in [0.15, 0.2) is 0 Å². The van der Waals surface area contributed by atoms with Crippen molar-refractivity contribution >= 4 is 57.1 Å². The summed E-state index contributed by atoms with van der Waals surface area (Å²) in [6.45, 7) is 4.34. The molecule has 2 fully saturated rings. The van der Waals surface area contributed by atoms with E-state index in [9.17, 15) is 28.8 Å². The monoisotopic (exact) mass is 583 g/mol. The van der Waals surface area contributed by atoms with E-state index in [-0.39, 0.29) is 30.9 Å². The molecule has 1 saturated heterocycles. The Morgan fingerprint density at radius 2 is 1.82 bits per heavy atom. The average Bonchev–Trinajstić information content (AvgIpc) is 3.68. The van der Waals surface area contributed by atoms with Gasteiger partial charge in [-0.15, -0.1) is 0 Å². The highest BCUT2D eigenvalue weighted by Crippen LogP contribution is 2.36. The summed E-state index contributed by atoms with van der Waals surface area (Å²) in [5, 5.41) is 10.7. The van der Waals surface area contributed by atoms with E-state index >= 15 is 0 Å². The van der Waals surface area contributed by atoms with Crippen molar-refractivity contribution in [3.05, 3.63) is 12.2 Å². The molecule has 2 aliphatic heterocycles. The zero-order valence-corrected chi connectivity index (χ0v) is 23.9. The molecule has 0 aromatic heterocycles. The Labute approximate surface area is 235 Å². The van der Waals surface area contributed by atoms with Crippen LogP contribution in [0.1, 0.15) is 52.4 Å². The molecule has 0 aromatic rings.